The van der Waals surface area contributed by atoms with Gasteiger partial charge in [0, 0.05) is 43.8 Å². The molecule has 0 aliphatic carbocycles. The molecule has 0 saturated carbocycles. The minimum Gasteiger partial charge on any atom is -0.495 e. The Kier molecular flexibility index (Phi) is 8.12. The van der Waals surface area contributed by atoms with Gasteiger partial charge in [-0.05, 0) is 64.7 Å². The molecule has 0 spiro atoms. The second-order valence-electron chi connectivity index (χ2n) is 9.42. The standard InChI is InChI=1S/C35H28O5/c1-40-35-31-6-2-4-29(10-8-23-12-25(19-36)16-26(13-23)20-37)33(31)18-34-30(5-3-7-32(34)35)11-9-24-14-27(21-38)17-28(15-24)22-39/h2-7,12-18,36-39H,19-22H2,1H3. The van der Waals surface area contributed by atoms with Crippen LogP contribution in [0.15, 0.2) is 78.9 Å². The van der Waals surface area contributed by atoms with Crippen LogP contribution in [0.4, 0.5) is 0 Å². The van der Waals surface area contributed by atoms with Gasteiger partial charge < -0.3 is 25.2 Å². The van der Waals surface area contributed by atoms with E-state index < -0.39 is 0 Å². The van der Waals surface area contributed by atoms with E-state index in [1.54, 1.807) is 19.2 Å². The highest BCUT2D eigenvalue weighted by Crippen LogP contribution is 2.37. The van der Waals surface area contributed by atoms with Gasteiger partial charge in [0.25, 0.3) is 0 Å². The van der Waals surface area contributed by atoms with Crippen molar-refractivity contribution in [3.63, 3.8) is 0 Å². The molecule has 40 heavy (non-hydrogen) atoms. The van der Waals surface area contributed by atoms with Gasteiger partial charge in [0.2, 0.25) is 0 Å². The summed E-state index contributed by atoms with van der Waals surface area (Å²) in [6.07, 6.45) is 0. The summed E-state index contributed by atoms with van der Waals surface area (Å²) in [5.74, 6) is 13.7. The van der Waals surface area contributed by atoms with Crippen molar-refractivity contribution in [1.29, 1.82) is 0 Å². The zero-order valence-electron chi connectivity index (χ0n) is 22.0. The molecule has 0 heterocycles. The summed E-state index contributed by atoms with van der Waals surface area (Å²) >= 11 is 0. The van der Waals surface area contributed by atoms with Gasteiger partial charge in [-0.3, -0.25) is 0 Å². The van der Waals surface area contributed by atoms with Crippen LogP contribution in [0, 0.1) is 23.7 Å². The average Bonchev–Trinajstić information content (AvgIpc) is 3.01. The van der Waals surface area contributed by atoms with Gasteiger partial charge in [0.15, 0.2) is 0 Å². The monoisotopic (exact) mass is 528 g/mol. The number of fused-ring (bicyclic) bond motifs is 2. The first-order valence-electron chi connectivity index (χ1n) is 12.8. The molecule has 5 nitrogen and oxygen atoms in total. The van der Waals surface area contributed by atoms with Crippen molar-refractivity contribution in [2.75, 3.05) is 7.11 Å². The molecule has 4 N–H and O–H groups in total. The van der Waals surface area contributed by atoms with E-state index in [4.69, 9.17) is 4.74 Å². The summed E-state index contributed by atoms with van der Waals surface area (Å²) in [6.45, 7) is -0.518. The van der Waals surface area contributed by atoms with Crippen LogP contribution >= 0.6 is 0 Å². The molecule has 5 heteroatoms. The van der Waals surface area contributed by atoms with E-state index in [-0.39, 0.29) is 26.4 Å². The molecular formula is C35H28O5. The first-order chi connectivity index (χ1) is 19.6. The van der Waals surface area contributed by atoms with E-state index in [0.29, 0.717) is 33.4 Å². The summed E-state index contributed by atoms with van der Waals surface area (Å²) in [5.41, 5.74) is 5.81. The molecule has 0 amide bonds. The van der Waals surface area contributed by atoms with Crippen LogP contribution in [0.1, 0.15) is 44.5 Å². The van der Waals surface area contributed by atoms with Gasteiger partial charge >= 0.3 is 0 Å². The van der Waals surface area contributed by atoms with E-state index >= 15 is 0 Å². The largest absolute Gasteiger partial charge is 0.495 e. The van der Waals surface area contributed by atoms with Crippen LogP contribution in [0.3, 0.4) is 0 Å². The topological polar surface area (TPSA) is 90.2 Å². The van der Waals surface area contributed by atoms with E-state index in [9.17, 15) is 20.4 Å². The SMILES string of the molecule is COc1c2cccc(C#Cc3cc(CO)cc(CO)c3)c2cc2c(C#Cc3cc(CO)cc(CO)c3)cccc12. The molecule has 0 aliphatic rings. The molecule has 0 atom stereocenters. The number of rotatable bonds is 5. The lowest BCUT2D eigenvalue weighted by Gasteiger charge is -2.12. The highest BCUT2D eigenvalue weighted by molar-refractivity contribution is 6.08. The molecule has 5 rings (SSSR count). The van der Waals surface area contributed by atoms with Crippen LogP contribution in [0.2, 0.25) is 0 Å². The van der Waals surface area contributed by atoms with Gasteiger partial charge in [-0.2, -0.15) is 0 Å². The lowest BCUT2D eigenvalue weighted by Crippen LogP contribution is -1.93. The zero-order valence-corrected chi connectivity index (χ0v) is 22.0. The highest BCUT2D eigenvalue weighted by atomic mass is 16.5. The second kappa shape index (κ2) is 12.1. The van der Waals surface area contributed by atoms with Crippen molar-refractivity contribution in [1.82, 2.24) is 0 Å². The van der Waals surface area contributed by atoms with Gasteiger partial charge in [-0.25, -0.2) is 0 Å². The minimum atomic E-state index is -0.130. The maximum absolute atomic E-state index is 9.58. The lowest BCUT2D eigenvalue weighted by atomic mass is 9.95. The Balaban J connectivity index is 1.67. The van der Waals surface area contributed by atoms with E-state index in [1.807, 2.05) is 60.7 Å². The van der Waals surface area contributed by atoms with E-state index in [1.165, 1.54) is 0 Å². The zero-order chi connectivity index (χ0) is 28.1. The first kappa shape index (κ1) is 27.0. The van der Waals surface area contributed by atoms with Crippen molar-refractivity contribution in [2.45, 2.75) is 26.4 Å². The Hall–Kier alpha value is -4.62. The fourth-order valence-electron chi connectivity index (χ4n) is 4.88. The highest BCUT2D eigenvalue weighted by Gasteiger charge is 2.12. The number of hydrogen-bond donors (Lipinski definition) is 4. The Morgan fingerprint density at radius 3 is 1.25 bits per heavy atom. The molecule has 0 bridgehead atoms. The van der Waals surface area contributed by atoms with E-state index in [2.05, 4.69) is 29.7 Å². The predicted molar refractivity (Wildman–Crippen MR) is 157 cm³/mol. The molecule has 5 aromatic rings. The number of ether oxygens (including phenoxy) is 1. The van der Waals surface area contributed by atoms with Crippen molar-refractivity contribution < 1.29 is 25.2 Å². The van der Waals surface area contributed by atoms with Crippen LogP contribution in [0.5, 0.6) is 5.75 Å². The average molecular weight is 529 g/mol. The second-order valence-corrected chi connectivity index (χ2v) is 9.42. The van der Waals surface area contributed by atoms with Crippen molar-refractivity contribution >= 4 is 21.5 Å². The summed E-state index contributed by atoms with van der Waals surface area (Å²) in [6, 6.07) is 24.7. The quantitative estimate of drug-likeness (QED) is 0.195. The van der Waals surface area contributed by atoms with Gasteiger partial charge in [0.05, 0.1) is 33.5 Å². The molecule has 0 radical (unpaired) electrons. The van der Waals surface area contributed by atoms with Crippen LogP contribution in [-0.4, -0.2) is 27.5 Å². The Morgan fingerprint density at radius 2 is 0.900 bits per heavy atom. The number of benzene rings is 5. The number of hydrogen-bond acceptors (Lipinski definition) is 5. The van der Waals surface area contributed by atoms with Crippen molar-refractivity contribution in [2.24, 2.45) is 0 Å². The Morgan fingerprint density at radius 1 is 0.500 bits per heavy atom. The molecule has 0 aromatic heterocycles. The minimum absolute atomic E-state index is 0.130. The molecule has 0 unspecified atom stereocenters. The first-order valence-corrected chi connectivity index (χ1v) is 12.8. The lowest BCUT2D eigenvalue weighted by molar-refractivity contribution is 0.275. The van der Waals surface area contributed by atoms with Crippen molar-refractivity contribution in [3.8, 4) is 29.4 Å². The van der Waals surface area contributed by atoms with Crippen LogP contribution < -0.4 is 4.74 Å². The maximum Gasteiger partial charge on any atom is 0.134 e. The molecular weight excluding hydrogens is 500 g/mol. The van der Waals surface area contributed by atoms with Crippen LogP contribution in [0.25, 0.3) is 21.5 Å². The predicted octanol–water partition coefficient (Wildman–Crippen LogP) is 4.77. The summed E-state index contributed by atoms with van der Waals surface area (Å²) in [7, 11) is 1.65. The fourth-order valence-corrected chi connectivity index (χ4v) is 4.88. The molecule has 0 saturated heterocycles. The Labute approximate surface area is 232 Å². The van der Waals surface area contributed by atoms with Gasteiger partial charge in [-0.1, -0.05) is 60.1 Å². The summed E-state index contributed by atoms with van der Waals surface area (Å²) in [4.78, 5) is 0. The summed E-state index contributed by atoms with van der Waals surface area (Å²) < 4.78 is 5.89. The third kappa shape index (κ3) is 5.55. The van der Waals surface area contributed by atoms with Gasteiger partial charge in [0.1, 0.15) is 5.75 Å². The Bertz CT molecular complexity index is 1670. The van der Waals surface area contributed by atoms with Gasteiger partial charge in [-0.15, -0.1) is 0 Å². The number of aliphatic hydroxyl groups excluding tert-OH is 4. The third-order valence-electron chi connectivity index (χ3n) is 6.71. The molecule has 198 valence electrons. The van der Waals surface area contributed by atoms with E-state index in [0.717, 1.165) is 38.4 Å². The smallest absolute Gasteiger partial charge is 0.134 e. The summed E-state index contributed by atoms with van der Waals surface area (Å²) in [5, 5.41) is 42.0. The normalized spacial score (nSPS) is 10.6. The molecule has 0 aliphatic heterocycles. The fraction of sp³-hybridized carbons (Fsp3) is 0.143. The van der Waals surface area contributed by atoms with Crippen LogP contribution in [-0.2, 0) is 26.4 Å². The molecule has 5 aromatic carbocycles. The maximum atomic E-state index is 9.58. The number of aliphatic hydroxyl groups is 4. The number of methoxy groups -OCH3 is 1. The third-order valence-corrected chi connectivity index (χ3v) is 6.71. The molecule has 0 fully saturated rings. The van der Waals surface area contributed by atoms with Crippen molar-refractivity contribution in [3.05, 3.63) is 123 Å².